The molecule has 0 spiro atoms. The first-order valence-electron chi connectivity index (χ1n) is 12.2. The van der Waals surface area contributed by atoms with Gasteiger partial charge in [-0.1, -0.05) is 42.5 Å². The number of amides is 3. The number of imide groups is 1. The van der Waals surface area contributed by atoms with Crippen molar-refractivity contribution < 1.29 is 23.9 Å². The average Bonchev–Trinajstić information content (AvgIpc) is 3.14. The van der Waals surface area contributed by atoms with E-state index in [2.05, 4.69) is 0 Å². The van der Waals surface area contributed by atoms with Crippen molar-refractivity contribution in [3.63, 3.8) is 0 Å². The molecule has 178 valence electrons. The number of piperidine rings is 1. The first-order chi connectivity index (χ1) is 16.6. The maximum Gasteiger partial charge on any atom is 0.410 e. The lowest BCUT2D eigenvalue weighted by Gasteiger charge is -2.37. The molecule has 2 fully saturated rings. The van der Waals surface area contributed by atoms with Crippen molar-refractivity contribution in [3.8, 4) is 0 Å². The lowest BCUT2D eigenvalue weighted by Crippen LogP contribution is -2.45. The molecule has 5 rings (SSSR count). The Labute approximate surface area is 199 Å². The number of fused-ring (bicyclic) bond motifs is 1. The first kappa shape index (κ1) is 22.6. The highest BCUT2D eigenvalue weighted by molar-refractivity contribution is 6.21. The summed E-state index contributed by atoms with van der Waals surface area (Å²) in [6.07, 6.45) is 4.75. The number of carbonyl (C=O) groups excluding carboxylic acids is 3. The third-order valence-corrected chi connectivity index (χ3v) is 7.12. The van der Waals surface area contributed by atoms with Crippen molar-refractivity contribution in [1.82, 2.24) is 9.80 Å². The molecule has 2 aromatic carbocycles. The van der Waals surface area contributed by atoms with Gasteiger partial charge in [-0.3, -0.25) is 14.5 Å². The summed E-state index contributed by atoms with van der Waals surface area (Å²) in [6.45, 7) is 1.54. The number of carbonyl (C=O) groups is 3. The number of hydrogen-bond acceptors (Lipinski definition) is 5. The topological polar surface area (TPSA) is 76.2 Å². The Morgan fingerprint density at radius 2 is 1.32 bits per heavy atom. The molecule has 3 aliphatic rings. The minimum absolute atomic E-state index is 0.0616. The fraction of sp³-hybridized carbons (Fsp3) is 0.444. The van der Waals surface area contributed by atoms with Crippen molar-refractivity contribution in [3.05, 3.63) is 71.3 Å². The second-order valence-corrected chi connectivity index (χ2v) is 9.32. The number of nitrogens with zero attached hydrogens (tertiary/aromatic N) is 2. The Balaban J connectivity index is 1.05. The summed E-state index contributed by atoms with van der Waals surface area (Å²) in [4.78, 5) is 41.1. The molecule has 0 unspecified atom stereocenters. The van der Waals surface area contributed by atoms with Crippen LogP contribution < -0.4 is 0 Å². The molecule has 0 atom stereocenters. The van der Waals surface area contributed by atoms with E-state index in [0.29, 0.717) is 24.2 Å². The van der Waals surface area contributed by atoms with Crippen molar-refractivity contribution in [2.24, 2.45) is 0 Å². The largest absolute Gasteiger partial charge is 0.445 e. The van der Waals surface area contributed by atoms with Gasteiger partial charge in [0, 0.05) is 19.1 Å². The van der Waals surface area contributed by atoms with Crippen LogP contribution >= 0.6 is 0 Å². The molecule has 2 heterocycles. The number of likely N-dealkylation sites (tertiary alicyclic amines) is 1. The fourth-order valence-electron chi connectivity index (χ4n) is 5.24. The van der Waals surface area contributed by atoms with Crippen LogP contribution in [0.1, 0.15) is 64.8 Å². The van der Waals surface area contributed by atoms with Gasteiger partial charge in [-0.05, 0) is 56.2 Å². The highest BCUT2D eigenvalue weighted by atomic mass is 16.6. The number of ether oxygens (including phenoxy) is 2. The second kappa shape index (κ2) is 9.97. The second-order valence-electron chi connectivity index (χ2n) is 9.32. The lowest BCUT2D eigenvalue weighted by atomic mass is 9.91. The lowest BCUT2D eigenvalue weighted by molar-refractivity contribution is -0.0606. The van der Waals surface area contributed by atoms with Crippen LogP contribution in [0.25, 0.3) is 0 Å². The van der Waals surface area contributed by atoms with Crippen LogP contribution in [0, 0.1) is 0 Å². The summed E-state index contributed by atoms with van der Waals surface area (Å²) in [5.74, 6) is -0.340. The standard InChI is InChI=1S/C27H30N2O5/c30-25-23-8-4-5-9-24(23)26(31)29(25)20-10-12-21(13-11-20)34-22-14-16-28(17-15-22)27(32)33-18-19-6-2-1-3-7-19/h1-9,20-22H,10-18H2. The van der Waals surface area contributed by atoms with Gasteiger partial charge in [0.2, 0.25) is 0 Å². The van der Waals surface area contributed by atoms with Crippen molar-refractivity contribution in [2.75, 3.05) is 13.1 Å². The Bertz CT molecular complexity index is 1000. The van der Waals surface area contributed by atoms with E-state index in [0.717, 1.165) is 44.1 Å². The molecule has 0 radical (unpaired) electrons. The number of benzene rings is 2. The highest BCUT2D eigenvalue weighted by Gasteiger charge is 2.41. The molecular formula is C27H30N2O5. The van der Waals surface area contributed by atoms with Gasteiger partial charge in [0.15, 0.2) is 0 Å². The summed E-state index contributed by atoms with van der Waals surface area (Å²) in [7, 11) is 0. The van der Waals surface area contributed by atoms with E-state index in [4.69, 9.17) is 9.47 Å². The maximum absolute atomic E-state index is 12.7. The predicted octanol–water partition coefficient (Wildman–Crippen LogP) is 4.41. The van der Waals surface area contributed by atoms with Crippen LogP contribution in [0.5, 0.6) is 0 Å². The van der Waals surface area contributed by atoms with Gasteiger partial charge in [-0.25, -0.2) is 4.79 Å². The van der Waals surface area contributed by atoms with Crippen molar-refractivity contribution in [2.45, 2.75) is 63.4 Å². The monoisotopic (exact) mass is 462 g/mol. The Morgan fingerprint density at radius 3 is 1.94 bits per heavy atom. The zero-order valence-electron chi connectivity index (χ0n) is 19.2. The summed E-state index contributed by atoms with van der Waals surface area (Å²) in [6, 6.07) is 16.7. The van der Waals surface area contributed by atoms with E-state index in [-0.39, 0.29) is 42.8 Å². The molecule has 0 N–H and O–H groups in total. The van der Waals surface area contributed by atoms with Gasteiger partial charge in [0.05, 0.1) is 23.3 Å². The highest BCUT2D eigenvalue weighted by Crippen LogP contribution is 2.33. The zero-order chi connectivity index (χ0) is 23.5. The van der Waals surface area contributed by atoms with E-state index in [1.54, 1.807) is 29.2 Å². The molecule has 1 saturated heterocycles. The quantitative estimate of drug-likeness (QED) is 0.615. The minimum Gasteiger partial charge on any atom is -0.445 e. The molecule has 34 heavy (non-hydrogen) atoms. The SMILES string of the molecule is O=C(OCc1ccccc1)N1CCC(OC2CCC(N3C(=O)c4ccccc4C3=O)CC2)CC1. The minimum atomic E-state index is -0.274. The fourth-order valence-corrected chi connectivity index (χ4v) is 5.24. The first-order valence-corrected chi connectivity index (χ1v) is 12.2. The van der Waals surface area contributed by atoms with Crippen LogP contribution in [0.2, 0.25) is 0 Å². The molecule has 1 aliphatic carbocycles. The van der Waals surface area contributed by atoms with Crippen molar-refractivity contribution in [1.29, 1.82) is 0 Å². The summed E-state index contributed by atoms with van der Waals surface area (Å²) < 4.78 is 11.8. The molecule has 3 amide bonds. The summed E-state index contributed by atoms with van der Waals surface area (Å²) >= 11 is 0. The maximum atomic E-state index is 12.7. The van der Waals surface area contributed by atoms with E-state index < -0.39 is 0 Å². The van der Waals surface area contributed by atoms with Gasteiger partial charge in [-0.15, -0.1) is 0 Å². The van der Waals surface area contributed by atoms with Crippen LogP contribution in [-0.4, -0.2) is 59.0 Å². The molecule has 2 aromatic rings. The normalized spacial score (nSPS) is 23.2. The van der Waals surface area contributed by atoms with Gasteiger partial charge >= 0.3 is 6.09 Å². The zero-order valence-corrected chi connectivity index (χ0v) is 19.2. The Kier molecular flexibility index (Phi) is 6.63. The Morgan fingerprint density at radius 1 is 0.765 bits per heavy atom. The van der Waals surface area contributed by atoms with E-state index in [1.807, 2.05) is 30.3 Å². The van der Waals surface area contributed by atoms with Crippen LogP contribution in [0.4, 0.5) is 4.79 Å². The molecule has 1 saturated carbocycles. The van der Waals surface area contributed by atoms with E-state index >= 15 is 0 Å². The van der Waals surface area contributed by atoms with E-state index in [9.17, 15) is 14.4 Å². The van der Waals surface area contributed by atoms with Gasteiger partial charge in [-0.2, -0.15) is 0 Å². The van der Waals surface area contributed by atoms with Crippen LogP contribution in [-0.2, 0) is 16.1 Å². The third kappa shape index (κ3) is 4.71. The molecule has 2 aliphatic heterocycles. The van der Waals surface area contributed by atoms with Gasteiger partial charge in [0.25, 0.3) is 11.8 Å². The average molecular weight is 463 g/mol. The van der Waals surface area contributed by atoms with Gasteiger partial charge < -0.3 is 14.4 Å². The number of hydrogen-bond donors (Lipinski definition) is 0. The molecule has 0 aromatic heterocycles. The van der Waals surface area contributed by atoms with E-state index in [1.165, 1.54) is 4.90 Å². The van der Waals surface area contributed by atoms with Gasteiger partial charge in [0.1, 0.15) is 6.61 Å². The summed E-state index contributed by atoms with van der Waals surface area (Å²) in [5.41, 5.74) is 2.01. The van der Waals surface area contributed by atoms with Crippen molar-refractivity contribution >= 4 is 17.9 Å². The van der Waals surface area contributed by atoms with Crippen LogP contribution in [0.15, 0.2) is 54.6 Å². The predicted molar refractivity (Wildman–Crippen MR) is 125 cm³/mol. The Hall–Kier alpha value is -3.19. The van der Waals surface area contributed by atoms with Crippen LogP contribution in [0.3, 0.4) is 0 Å². The smallest absolute Gasteiger partial charge is 0.410 e. The third-order valence-electron chi connectivity index (χ3n) is 7.12. The molecular weight excluding hydrogens is 432 g/mol. The molecule has 7 nitrogen and oxygen atoms in total. The number of rotatable bonds is 5. The summed E-state index contributed by atoms with van der Waals surface area (Å²) in [5, 5.41) is 0. The molecule has 0 bridgehead atoms. The molecule has 7 heteroatoms.